The minimum atomic E-state index is -1.17. The van der Waals surface area contributed by atoms with Gasteiger partial charge in [0.2, 0.25) is 0 Å². The van der Waals surface area contributed by atoms with Crippen molar-refractivity contribution in [3.05, 3.63) is 47.5 Å². The summed E-state index contributed by atoms with van der Waals surface area (Å²) in [5.41, 5.74) is -0.532. The number of rotatable bonds is 2. The first-order valence-corrected chi connectivity index (χ1v) is 5.42. The largest absolute Gasteiger partial charge is 0.495 e. The van der Waals surface area contributed by atoms with Crippen LogP contribution < -0.4 is 0 Å². The molecule has 86 valence electrons. The van der Waals surface area contributed by atoms with Gasteiger partial charge in [-0.25, -0.2) is 4.39 Å². The van der Waals surface area contributed by atoms with Gasteiger partial charge in [-0.2, -0.15) is 0 Å². The quantitative estimate of drug-likeness (QED) is 0.833. The minimum Gasteiger partial charge on any atom is -0.495 e. The third-order valence-corrected chi connectivity index (χ3v) is 2.82. The van der Waals surface area contributed by atoms with Crippen LogP contribution in [0.5, 0.6) is 0 Å². The van der Waals surface area contributed by atoms with Crippen LogP contribution in [0, 0.1) is 5.82 Å². The van der Waals surface area contributed by atoms with Crippen molar-refractivity contribution in [3.63, 3.8) is 0 Å². The Labute approximate surface area is 94.4 Å². The van der Waals surface area contributed by atoms with E-state index in [1.54, 1.807) is 19.1 Å². The molecule has 1 aromatic carbocycles. The molecule has 16 heavy (non-hydrogen) atoms. The fourth-order valence-corrected chi connectivity index (χ4v) is 1.81. The summed E-state index contributed by atoms with van der Waals surface area (Å²) in [6.45, 7) is 2.29. The first-order valence-electron chi connectivity index (χ1n) is 5.42. The van der Waals surface area contributed by atoms with Crippen molar-refractivity contribution in [2.75, 3.05) is 6.61 Å². The molecule has 0 bridgehead atoms. The molecule has 0 amide bonds. The van der Waals surface area contributed by atoms with Gasteiger partial charge in [0.05, 0.1) is 6.61 Å². The van der Waals surface area contributed by atoms with Crippen molar-refractivity contribution < 1.29 is 14.2 Å². The second-order valence-corrected chi connectivity index (χ2v) is 4.14. The summed E-state index contributed by atoms with van der Waals surface area (Å²) >= 11 is 0. The summed E-state index contributed by atoms with van der Waals surface area (Å²) in [7, 11) is 0. The van der Waals surface area contributed by atoms with Crippen molar-refractivity contribution in [3.8, 4) is 0 Å². The van der Waals surface area contributed by atoms with E-state index >= 15 is 0 Å². The highest BCUT2D eigenvalue weighted by Gasteiger charge is 2.30. The van der Waals surface area contributed by atoms with Gasteiger partial charge in [0.1, 0.15) is 17.2 Å². The van der Waals surface area contributed by atoms with Crippen LogP contribution in [-0.4, -0.2) is 11.7 Å². The van der Waals surface area contributed by atoms with Crippen molar-refractivity contribution >= 4 is 0 Å². The fourth-order valence-electron chi connectivity index (χ4n) is 1.81. The third kappa shape index (κ3) is 2.09. The maximum absolute atomic E-state index is 12.8. The maximum Gasteiger partial charge on any atom is 0.143 e. The SMILES string of the molecule is CC(O)(C1=CCCCO1)c1ccc(F)cc1. The number of hydrogen-bond donors (Lipinski definition) is 1. The molecule has 0 saturated carbocycles. The van der Waals surface area contributed by atoms with Crippen LogP contribution in [0.3, 0.4) is 0 Å². The molecule has 1 heterocycles. The van der Waals surface area contributed by atoms with Crippen LogP contribution in [0.2, 0.25) is 0 Å². The normalized spacial score (nSPS) is 19.6. The first kappa shape index (κ1) is 11.1. The van der Waals surface area contributed by atoms with Gasteiger partial charge in [-0.1, -0.05) is 12.1 Å². The number of halogens is 1. The second-order valence-electron chi connectivity index (χ2n) is 4.14. The molecule has 0 fully saturated rings. The molecular weight excluding hydrogens is 207 g/mol. The standard InChI is InChI=1S/C13H15FO2/c1-13(15,12-4-2-3-9-16-12)10-5-7-11(14)8-6-10/h4-8,15H,2-3,9H2,1H3. The van der Waals surface area contributed by atoms with Crippen molar-refractivity contribution in [2.45, 2.75) is 25.4 Å². The second kappa shape index (κ2) is 4.26. The lowest BCUT2D eigenvalue weighted by Crippen LogP contribution is -2.27. The molecule has 0 saturated heterocycles. The van der Waals surface area contributed by atoms with Gasteiger partial charge in [0.25, 0.3) is 0 Å². The van der Waals surface area contributed by atoms with Gasteiger partial charge in [-0.15, -0.1) is 0 Å². The van der Waals surface area contributed by atoms with Gasteiger partial charge < -0.3 is 9.84 Å². The van der Waals surface area contributed by atoms with E-state index in [4.69, 9.17) is 4.74 Å². The summed E-state index contributed by atoms with van der Waals surface area (Å²) in [6.07, 6.45) is 3.78. The molecular formula is C13H15FO2. The molecule has 0 radical (unpaired) electrons. The number of ether oxygens (including phenoxy) is 1. The molecule has 1 aliphatic rings. The van der Waals surface area contributed by atoms with E-state index in [-0.39, 0.29) is 5.82 Å². The summed E-state index contributed by atoms with van der Waals surface area (Å²) in [5, 5.41) is 10.4. The summed E-state index contributed by atoms with van der Waals surface area (Å²) in [6, 6.07) is 5.84. The fraction of sp³-hybridized carbons (Fsp3) is 0.385. The van der Waals surface area contributed by atoms with Crippen molar-refractivity contribution in [1.82, 2.24) is 0 Å². The zero-order chi connectivity index (χ0) is 11.6. The Kier molecular flexibility index (Phi) is 2.97. The van der Waals surface area contributed by atoms with Crippen LogP contribution in [0.1, 0.15) is 25.3 Å². The predicted molar refractivity (Wildman–Crippen MR) is 59.2 cm³/mol. The number of allylic oxidation sites excluding steroid dienone is 1. The van der Waals surface area contributed by atoms with Crippen LogP contribution in [-0.2, 0) is 10.3 Å². The van der Waals surface area contributed by atoms with Crippen LogP contribution in [0.25, 0.3) is 0 Å². The molecule has 2 rings (SSSR count). The lowest BCUT2D eigenvalue weighted by Gasteiger charge is -2.29. The zero-order valence-corrected chi connectivity index (χ0v) is 9.24. The van der Waals surface area contributed by atoms with Gasteiger partial charge >= 0.3 is 0 Å². The van der Waals surface area contributed by atoms with E-state index in [1.807, 2.05) is 6.08 Å². The van der Waals surface area contributed by atoms with Crippen LogP contribution in [0.4, 0.5) is 4.39 Å². The Morgan fingerprint density at radius 1 is 1.31 bits per heavy atom. The van der Waals surface area contributed by atoms with E-state index in [9.17, 15) is 9.50 Å². The van der Waals surface area contributed by atoms with E-state index in [2.05, 4.69) is 0 Å². The Balaban J connectivity index is 2.30. The van der Waals surface area contributed by atoms with Gasteiger partial charge in [0.15, 0.2) is 0 Å². The Morgan fingerprint density at radius 3 is 2.56 bits per heavy atom. The monoisotopic (exact) mass is 222 g/mol. The topological polar surface area (TPSA) is 29.5 Å². The maximum atomic E-state index is 12.8. The minimum absolute atomic E-state index is 0.307. The Hall–Kier alpha value is -1.35. The van der Waals surface area contributed by atoms with Crippen molar-refractivity contribution in [1.29, 1.82) is 0 Å². The Bertz CT molecular complexity index is 393. The number of aliphatic hydroxyl groups is 1. The molecule has 1 aliphatic heterocycles. The number of hydrogen-bond acceptors (Lipinski definition) is 2. The first-order chi connectivity index (χ1) is 7.60. The van der Waals surface area contributed by atoms with Crippen LogP contribution in [0.15, 0.2) is 36.1 Å². The van der Waals surface area contributed by atoms with E-state index in [1.165, 1.54) is 12.1 Å². The highest BCUT2D eigenvalue weighted by Crippen LogP contribution is 2.32. The predicted octanol–water partition coefficient (Wildman–Crippen LogP) is 2.73. The lowest BCUT2D eigenvalue weighted by molar-refractivity contribution is 0.0150. The summed E-state index contributed by atoms with van der Waals surface area (Å²) < 4.78 is 18.2. The summed E-state index contributed by atoms with van der Waals surface area (Å²) in [4.78, 5) is 0. The average molecular weight is 222 g/mol. The molecule has 0 spiro atoms. The molecule has 1 aromatic rings. The van der Waals surface area contributed by atoms with Gasteiger partial charge in [-0.05, 0) is 43.5 Å². The lowest BCUT2D eigenvalue weighted by atomic mass is 9.92. The van der Waals surface area contributed by atoms with E-state index in [0.717, 1.165) is 12.8 Å². The van der Waals surface area contributed by atoms with Gasteiger partial charge in [-0.3, -0.25) is 0 Å². The third-order valence-electron chi connectivity index (χ3n) is 2.82. The van der Waals surface area contributed by atoms with Gasteiger partial charge in [0, 0.05) is 0 Å². The molecule has 0 aliphatic carbocycles. The molecule has 1 N–H and O–H groups in total. The zero-order valence-electron chi connectivity index (χ0n) is 9.24. The summed E-state index contributed by atoms with van der Waals surface area (Å²) in [5.74, 6) is 0.253. The van der Waals surface area contributed by atoms with Crippen LogP contribution >= 0.6 is 0 Å². The molecule has 1 atom stereocenters. The average Bonchev–Trinajstić information content (AvgIpc) is 2.31. The van der Waals surface area contributed by atoms with E-state index in [0.29, 0.717) is 17.9 Å². The smallest absolute Gasteiger partial charge is 0.143 e. The highest BCUT2D eigenvalue weighted by molar-refractivity contribution is 5.30. The molecule has 2 nitrogen and oxygen atoms in total. The van der Waals surface area contributed by atoms with E-state index < -0.39 is 5.60 Å². The molecule has 1 unspecified atom stereocenters. The highest BCUT2D eigenvalue weighted by atomic mass is 19.1. The van der Waals surface area contributed by atoms with Crippen molar-refractivity contribution in [2.24, 2.45) is 0 Å². The molecule has 3 heteroatoms. The number of benzene rings is 1. The Morgan fingerprint density at radius 2 is 2.00 bits per heavy atom. The molecule has 0 aromatic heterocycles.